The van der Waals surface area contributed by atoms with Crippen LogP contribution in [0.1, 0.15) is 0 Å². The summed E-state index contributed by atoms with van der Waals surface area (Å²) in [6, 6.07) is 7.72. The van der Waals surface area contributed by atoms with Crippen LogP contribution in [0.5, 0.6) is 0 Å². The molecule has 1 aromatic carbocycles. The van der Waals surface area contributed by atoms with Gasteiger partial charge < -0.3 is 4.98 Å². The number of benzene rings is 1. The van der Waals surface area contributed by atoms with E-state index in [2.05, 4.69) is 16.2 Å². The van der Waals surface area contributed by atoms with Crippen LogP contribution >= 0.6 is 12.2 Å². The first kappa shape index (κ1) is 6.49. The molecule has 0 bridgehead atoms. The second-order valence-electron chi connectivity index (χ2n) is 2.19. The monoisotopic (exact) mass is 161 g/mol. The molecule has 1 aromatic heterocycles. The molecule has 2 rings (SSSR count). The van der Waals surface area contributed by atoms with Gasteiger partial charge in [-0.1, -0.05) is 24.4 Å². The Labute approximate surface area is 68.9 Å². The lowest BCUT2D eigenvalue weighted by Crippen LogP contribution is -1.82. The number of aromatic amines is 1. The summed E-state index contributed by atoms with van der Waals surface area (Å²) in [6.45, 7) is 0. The molecule has 0 aliphatic rings. The van der Waals surface area contributed by atoms with Crippen LogP contribution in [0.2, 0.25) is 0 Å². The molecular weight excluding hydrogens is 156 g/mol. The molecular formula is C8H5N2S. The minimum Gasteiger partial charge on any atom is -0.343 e. The maximum absolute atomic E-state index is 4.87. The van der Waals surface area contributed by atoms with Gasteiger partial charge in [0.2, 0.25) is 0 Å². The molecule has 11 heavy (non-hydrogen) atoms. The van der Waals surface area contributed by atoms with Crippen LogP contribution in [0.3, 0.4) is 0 Å². The highest BCUT2D eigenvalue weighted by Crippen LogP contribution is 2.05. The van der Waals surface area contributed by atoms with Gasteiger partial charge in [-0.25, -0.2) is 4.98 Å². The van der Waals surface area contributed by atoms with Gasteiger partial charge in [-0.05, 0) is 12.1 Å². The lowest BCUT2D eigenvalue weighted by Gasteiger charge is -1.92. The Morgan fingerprint density at radius 1 is 1.36 bits per heavy atom. The molecule has 1 N–H and O–H groups in total. The van der Waals surface area contributed by atoms with Crippen LogP contribution in [0.25, 0.3) is 11.0 Å². The molecule has 0 fully saturated rings. The van der Waals surface area contributed by atoms with E-state index in [1.54, 1.807) is 0 Å². The van der Waals surface area contributed by atoms with E-state index < -0.39 is 0 Å². The molecule has 0 saturated heterocycles. The van der Waals surface area contributed by atoms with Crippen LogP contribution in [-0.4, -0.2) is 9.97 Å². The number of para-hydroxylation sites is 2. The van der Waals surface area contributed by atoms with E-state index in [0.717, 1.165) is 11.0 Å². The molecule has 3 heteroatoms. The zero-order chi connectivity index (χ0) is 7.68. The molecule has 0 atom stereocenters. The molecule has 1 radical (unpaired) electrons. The molecule has 1 heterocycles. The smallest absolute Gasteiger partial charge is 0.132 e. The number of rotatable bonds is 0. The van der Waals surface area contributed by atoms with Gasteiger partial charge in [0.25, 0.3) is 0 Å². The molecule has 0 aliphatic heterocycles. The second-order valence-corrected chi connectivity index (χ2v) is 2.60. The van der Waals surface area contributed by atoms with Gasteiger partial charge in [0.15, 0.2) is 0 Å². The van der Waals surface area contributed by atoms with Crippen molar-refractivity contribution in [3.8, 4) is 0 Å². The van der Waals surface area contributed by atoms with Crippen molar-refractivity contribution in [2.75, 3.05) is 0 Å². The minimum absolute atomic E-state index is 0.545. The third-order valence-electron chi connectivity index (χ3n) is 1.43. The van der Waals surface area contributed by atoms with Crippen molar-refractivity contribution < 1.29 is 0 Å². The van der Waals surface area contributed by atoms with Crippen LogP contribution in [-0.2, 0) is 0 Å². The van der Waals surface area contributed by atoms with E-state index >= 15 is 0 Å². The molecule has 2 aromatic rings. The SMILES string of the molecule is S=c1[c]nc2ccccc2[nH]1. The highest BCUT2D eigenvalue weighted by atomic mass is 32.1. The molecule has 2 nitrogen and oxygen atoms in total. The summed E-state index contributed by atoms with van der Waals surface area (Å²) in [6.07, 6.45) is 2.68. The Balaban J connectivity index is 2.94. The van der Waals surface area contributed by atoms with Crippen molar-refractivity contribution in [3.05, 3.63) is 35.1 Å². The molecule has 53 valence electrons. The predicted molar refractivity (Wildman–Crippen MR) is 45.8 cm³/mol. The van der Waals surface area contributed by atoms with E-state index in [4.69, 9.17) is 12.2 Å². The standard InChI is InChI=1S/C8H5N2S/c11-8-5-9-6-3-1-2-4-7(6)10-8/h1-4H,(H,10,11). The number of nitrogens with one attached hydrogen (secondary N) is 1. The fourth-order valence-electron chi connectivity index (χ4n) is 0.938. The van der Waals surface area contributed by atoms with Crippen molar-refractivity contribution in [2.45, 2.75) is 0 Å². The first-order valence-electron chi connectivity index (χ1n) is 3.23. The summed E-state index contributed by atoms with van der Waals surface area (Å²) in [5.41, 5.74) is 1.84. The van der Waals surface area contributed by atoms with Crippen molar-refractivity contribution in [1.29, 1.82) is 0 Å². The Kier molecular flexibility index (Phi) is 1.43. The van der Waals surface area contributed by atoms with E-state index in [1.165, 1.54) is 0 Å². The number of fused-ring (bicyclic) bond motifs is 1. The van der Waals surface area contributed by atoms with Crippen molar-refractivity contribution in [2.24, 2.45) is 0 Å². The van der Waals surface area contributed by atoms with E-state index in [1.807, 2.05) is 24.3 Å². The van der Waals surface area contributed by atoms with Gasteiger partial charge >= 0.3 is 0 Å². The van der Waals surface area contributed by atoms with Crippen molar-refractivity contribution in [1.82, 2.24) is 9.97 Å². The number of H-pyrrole nitrogens is 1. The van der Waals surface area contributed by atoms with Crippen LogP contribution in [0, 0.1) is 10.8 Å². The lowest BCUT2D eigenvalue weighted by molar-refractivity contribution is 1.25. The Morgan fingerprint density at radius 2 is 2.18 bits per heavy atom. The van der Waals surface area contributed by atoms with Crippen LogP contribution in [0.4, 0.5) is 0 Å². The third kappa shape index (κ3) is 1.14. The topological polar surface area (TPSA) is 28.7 Å². The number of aromatic nitrogens is 2. The Bertz CT molecular complexity index is 433. The minimum atomic E-state index is 0.545. The largest absolute Gasteiger partial charge is 0.343 e. The summed E-state index contributed by atoms with van der Waals surface area (Å²) in [4.78, 5) is 7.01. The summed E-state index contributed by atoms with van der Waals surface area (Å²) < 4.78 is 0.545. The van der Waals surface area contributed by atoms with Crippen molar-refractivity contribution >= 4 is 23.3 Å². The van der Waals surface area contributed by atoms with Gasteiger partial charge in [-0.2, -0.15) is 0 Å². The normalized spacial score (nSPS) is 10.2. The predicted octanol–water partition coefficient (Wildman–Crippen LogP) is 2.09. The number of nitrogens with zero attached hydrogens (tertiary/aromatic N) is 1. The van der Waals surface area contributed by atoms with Gasteiger partial charge in [0.1, 0.15) is 10.8 Å². The first-order chi connectivity index (χ1) is 5.36. The zero-order valence-electron chi connectivity index (χ0n) is 5.66. The second kappa shape index (κ2) is 2.43. The first-order valence-corrected chi connectivity index (χ1v) is 3.64. The molecule has 0 aliphatic carbocycles. The summed E-state index contributed by atoms with van der Waals surface area (Å²) in [5.74, 6) is 0. The fourth-order valence-corrected chi connectivity index (χ4v) is 1.09. The highest BCUT2D eigenvalue weighted by molar-refractivity contribution is 7.71. The van der Waals surface area contributed by atoms with E-state index in [0.29, 0.717) is 4.64 Å². The van der Waals surface area contributed by atoms with Crippen molar-refractivity contribution in [3.63, 3.8) is 0 Å². The van der Waals surface area contributed by atoms with Crippen LogP contribution in [0.15, 0.2) is 24.3 Å². The average Bonchev–Trinajstić information content (AvgIpc) is 2.04. The van der Waals surface area contributed by atoms with Gasteiger partial charge in [-0.15, -0.1) is 0 Å². The maximum Gasteiger partial charge on any atom is 0.132 e. The van der Waals surface area contributed by atoms with Gasteiger partial charge in [0.05, 0.1) is 11.0 Å². The highest BCUT2D eigenvalue weighted by Gasteiger charge is 1.89. The Morgan fingerprint density at radius 3 is 3.09 bits per heavy atom. The third-order valence-corrected chi connectivity index (χ3v) is 1.62. The zero-order valence-corrected chi connectivity index (χ0v) is 6.48. The quantitative estimate of drug-likeness (QED) is 0.599. The maximum atomic E-state index is 4.87. The van der Waals surface area contributed by atoms with E-state index in [9.17, 15) is 0 Å². The summed E-state index contributed by atoms with van der Waals surface area (Å²) in [5, 5.41) is 0. The molecule has 0 unspecified atom stereocenters. The van der Waals surface area contributed by atoms with Crippen LogP contribution < -0.4 is 0 Å². The lowest BCUT2D eigenvalue weighted by atomic mass is 10.3. The number of hydrogen-bond acceptors (Lipinski definition) is 2. The molecule has 0 spiro atoms. The number of hydrogen-bond donors (Lipinski definition) is 1. The average molecular weight is 161 g/mol. The molecule has 0 amide bonds. The fraction of sp³-hybridized carbons (Fsp3) is 0. The summed E-state index contributed by atoms with van der Waals surface area (Å²) >= 11 is 4.87. The van der Waals surface area contributed by atoms with Gasteiger partial charge in [-0.3, -0.25) is 0 Å². The van der Waals surface area contributed by atoms with Gasteiger partial charge in [0, 0.05) is 0 Å². The Hall–Kier alpha value is -1.22. The summed E-state index contributed by atoms with van der Waals surface area (Å²) in [7, 11) is 0. The van der Waals surface area contributed by atoms with E-state index in [-0.39, 0.29) is 0 Å². The molecule has 0 saturated carbocycles.